The normalized spacial score (nSPS) is 19.7. The van der Waals surface area contributed by atoms with Crippen molar-refractivity contribution in [2.24, 2.45) is 0 Å². The van der Waals surface area contributed by atoms with Crippen molar-refractivity contribution in [3.8, 4) is 22.6 Å². The Balaban J connectivity index is 1.81. The molecule has 38 heavy (non-hydrogen) atoms. The van der Waals surface area contributed by atoms with Crippen LogP contribution in [0, 0.1) is 0 Å². The van der Waals surface area contributed by atoms with Gasteiger partial charge in [0.15, 0.2) is 0 Å². The van der Waals surface area contributed by atoms with Crippen LogP contribution in [-0.4, -0.2) is 84.1 Å². The highest BCUT2D eigenvalue weighted by Crippen LogP contribution is 2.45. The summed E-state index contributed by atoms with van der Waals surface area (Å²) in [6, 6.07) is 2.92. The Morgan fingerprint density at radius 3 is 2.50 bits per heavy atom. The van der Waals surface area contributed by atoms with Gasteiger partial charge in [0.1, 0.15) is 17.1 Å². The first-order valence-corrected chi connectivity index (χ1v) is 12.2. The number of aryl methyl sites for hydroxylation is 1. The fraction of sp³-hybridized carbons (Fsp3) is 0.385. The number of pyridine rings is 1. The van der Waals surface area contributed by atoms with Crippen LogP contribution in [0.15, 0.2) is 35.8 Å². The summed E-state index contributed by atoms with van der Waals surface area (Å²) in [5.41, 5.74) is -0.444. The Labute approximate surface area is 240 Å². The third-order valence-corrected chi connectivity index (χ3v) is 6.69. The molecule has 1 aliphatic rings. The van der Waals surface area contributed by atoms with Crippen molar-refractivity contribution in [1.29, 1.82) is 0 Å². The van der Waals surface area contributed by atoms with Gasteiger partial charge in [-0.2, -0.15) is 4.98 Å². The molecule has 0 bridgehead atoms. The van der Waals surface area contributed by atoms with Gasteiger partial charge in [-0.1, -0.05) is 29.8 Å². The predicted molar refractivity (Wildman–Crippen MR) is 150 cm³/mol. The molecule has 1 aromatic carbocycles. The molecule has 0 saturated carbocycles. The number of fused-ring (bicyclic) bond motifs is 1. The number of amides is 1. The number of nitrogens with zero attached hydrogens (tertiary/aromatic N) is 5. The number of rotatable bonds is 9. The fourth-order valence-electron chi connectivity index (χ4n) is 4.01. The number of nitrogens with one attached hydrogen (secondary N) is 1. The highest BCUT2D eigenvalue weighted by atomic mass is 35.5. The summed E-state index contributed by atoms with van der Waals surface area (Å²) < 4.78 is 68.5. The zero-order valence-electron chi connectivity index (χ0n) is 27.7. The van der Waals surface area contributed by atoms with E-state index in [9.17, 15) is 9.59 Å². The third-order valence-electron chi connectivity index (χ3n) is 5.94. The van der Waals surface area contributed by atoms with E-state index in [1.54, 1.807) is 0 Å². The van der Waals surface area contributed by atoms with E-state index >= 15 is 0 Å². The van der Waals surface area contributed by atoms with Crippen LogP contribution in [0.1, 0.15) is 16.0 Å². The minimum absolute atomic E-state index is 0.0250. The van der Waals surface area contributed by atoms with Crippen LogP contribution in [-0.2, 0) is 11.3 Å². The first-order chi connectivity index (χ1) is 20.9. The van der Waals surface area contributed by atoms with Crippen LogP contribution in [0.5, 0.6) is 11.5 Å². The average Bonchev–Trinajstić information content (AvgIpc) is 2.94. The highest BCUT2D eigenvalue weighted by molar-refractivity contribution is 6.41. The van der Waals surface area contributed by atoms with Gasteiger partial charge in [0, 0.05) is 72.4 Å². The van der Waals surface area contributed by atoms with Crippen LogP contribution in [0.3, 0.4) is 0 Å². The average molecular weight is 569 g/mol. The summed E-state index contributed by atoms with van der Waals surface area (Å²) in [5, 5.41) is 2.58. The molecule has 0 unspecified atom stereocenters. The number of ether oxygens (including phenoxy) is 2. The van der Waals surface area contributed by atoms with E-state index in [1.165, 1.54) is 37.1 Å². The molecule has 1 amide bonds. The molecule has 1 fully saturated rings. The number of piperazine rings is 1. The Kier molecular flexibility index (Phi) is 6.23. The van der Waals surface area contributed by atoms with E-state index in [0.29, 0.717) is 5.39 Å². The van der Waals surface area contributed by atoms with Crippen molar-refractivity contribution >= 4 is 46.1 Å². The number of carbonyl (C=O) groups excluding carboxylic acids is 1. The summed E-state index contributed by atoms with van der Waals surface area (Å²) in [4.78, 5) is 36.7. The maximum Gasteiger partial charge on any atom is 0.260 e. The SMILES string of the molecule is [2H]C([2H])([2H])Nc1ncc2cc(-c3c(Cl)c(OC)cc(OC)c3Cl)c(=O)n(CCCN3C([2H])([2H])CN(C(=O)C=C)CC3([2H])[2H])c2n1. The fourth-order valence-corrected chi connectivity index (χ4v) is 4.72. The molecule has 1 aliphatic heterocycles. The lowest BCUT2D eigenvalue weighted by atomic mass is 10.0. The quantitative estimate of drug-likeness (QED) is 0.392. The number of hydrogen-bond donors (Lipinski definition) is 1. The van der Waals surface area contributed by atoms with Gasteiger partial charge in [-0.3, -0.25) is 19.1 Å². The minimum atomic E-state index is -2.62. The Morgan fingerprint density at radius 2 is 1.89 bits per heavy atom. The number of hydrogen-bond acceptors (Lipinski definition) is 8. The van der Waals surface area contributed by atoms with Gasteiger partial charge in [-0.25, -0.2) is 4.98 Å². The molecule has 1 saturated heterocycles. The second-order valence-electron chi connectivity index (χ2n) is 8.12. The molecule has 0 spiro atoms. The summed E-state index contributed by atoms with van der Waals surface area (Å²) in [5.74, 6) is -0.486. The second-order valence-corrected chi connectivity index (χ2v) is 8.87. The molecule has 3 heterocycles. The molecule has 0 atom stereocenters. The van der Waals surface area contributed by atoms with Gasteiger partial charge < -0.3 is 19.7 Å². The number of halogens is 2. The van der Waals surface area contributed by atoms with Crippen LogP contribution >= 0.6 is 23.2 Å². The van der Waals surface area contributed by atoms with Crippen LogP contribution < -0.4 is 20.3 Å². The smallest absolute Gasteiger partial charge is 0.260 e. The Hall–Kier alpha value is -3.34. The number of carbonyl (C=O) groups is 1. The van der Waals surface area contributed by atoms with Gasteiger partial charge in [0.2, 0.25) is 11.9 Å². The van der Waals surface area contributed by atoms with Gasteiger partial charge in [0.25, 0.3) is 5.56 Å². The summed E-state index contributed by atoms with van der Waals surface area (Å²) in [6.07, 6.45) is 2.37. The molecule has 1 N–H and O–H groups in total. The lowest BCUT2D eigenvalue weighted by Gasteiger charge is -2.34. The summed E-state index contributed by atoms with van der Waals surface area (Å²) in [7, 11) is 2.77. The van der Waals surface area contributed by atoms with Gasteiger partial charge in [-0.05, 0) is 25.1 Å². The number of benzene rings is 1. The molecule has 202 valence electrons. The van der Waals surface area contributed by atoms with E-state index in [0.717, 1.165) is 15.9 Å². The molecule has 10 nitrogen and oxygen atoms in total. The highest BCUT2D eigenvalue weighted by Gasteiger charge is 2.24. The first-order valence-electron chi connectivity index (χ1n) is 14.9. The largest absolute Gasteiger partial charge is 0.495 e. The van der Waals surface area contributed by atoms with Crippen LogP contribution in [0.2, 0.25) is 10.0 Å². The number of aromatic nitrogens is 3. The monoisotopic (exact) mass is 567 g/mol. The molecule has 0 aliphatic carbocycles. The first kappa shape index (κ1) is 19.7. The van der Waals surface area contributed by atoms with Crippen molar-refractivity contribution in [2.75, 3.05) is 59.1 Å². The van der Waals surface area contributed by atoms with Crippen molar-refractivity contribution in [3.05, 3.63) is 51.4 Å². The minimum Gasteiger partial charge on any atom is -0.495 e. The maximum absolute atomic E-state index is 14.1. The molecule has 12 heteroatoms. The summed E-state index contributed by atoms with van der Waals surface area (Å²) >= 11 is 13.2. The zero-order valence-corrected chi connectivity index (χ0v) is 22.2. The zero-order chi connectivity index (χ0) is 33.5. The standard InChI is InChI=1S/C26H30Cl2N6O4/c1-5-20(35)33-11-9-32(10-12-33)7-6-8-34-24-16(15-30-26(29-2)31-24)13-17(25(34)36)21-22(27)18(37-3)14-19(38-4)23(21)28/h5,13-15H,1,6-12H2,2-4H3,(H,29,30,31)/i2D3,9D2,10D2. The number of anilines is 1. The summed E-state index contributed by atoms with van der Waals surface area (Å²) in [6.45, 7) is -4.76. The van der Waals surface area contributed by atoms with Crippen molar-refractivity contribution < 1.29 is 23.9 Å². The van der Waals surface area contributed by atoms with Gasteiger partial charge in [0.05, 0.1) is 29.8 Å². The Morgan fingerprint density at radius 1 is 1.21 bits per heavy atom. The van der Waals surface area contributed by atoms with E-state index in [1.807, 2.05) is 0 Å². The topological polar surface area (TPSA) is 102 Å². The van der Waals surface area contributed by atoms with E-state index in [-0.39, 0.29) is 76.9 Å². The molecule has 0 radical (unpaired) electrons. The van der Waals surface area contributed by atoms with Crippen LogP contribution in [0.4, 0.5) is 5.95 Å². The van der Waals surface area contributed by atoms with E-state index in [4.69, 9.17) is 42.3 Å². The maximum atomic E-state index is 14.1. The van der Waals surface area contributed by atoms with Crippen molar-refractivity contribution in [3.63, 3.8) is 0 Å². The molecule has 3 aromatic rings. The molecular formula is C26H30Cl2N6O4. The lowest BCUT2D eigenvalue weighted by Crippen LogP contribution is -2.48. The second kappa shape index (κ2) is 12.0. The number of methoxy groups -OCH3 is 2. The van der Waals surface area contributed by atoms with E-state index < -0.39 is 31.4 Å². The predicted octanol–water partition coefficient (Wildman–Crippen LogP) is 3.54. The lowest BCUT2D eigenvalue weighted by molar-refractivity contribution is -0.127. The molecule has 2 aromatic heterocycles. The van der Waals surface area contributed by atoms with Crippen molar-refractivity contribution in [2.45, 2.75) is 13.0 Å². The van der Waals surface area contributed by atoms with E-state index in [2.05, 4.69) is 21.9 Å². The third kappa shape index (κ3) is 5.43. The van der Waals surface area contributed by atoms with Gasteiger partial charge >= 0.3 is 0 Å². The molecule has 4 rings (SSSR count). The Bertz CT molecular complexity index is 1660. The molecular weight excluding hydrogens is 531 g/mol. The van der Waals surface area contributed by atoms with Crippen molar-refractivity contribution in [1.82, 2.24) is 24.3 Å². The van der Waals surface area contributed by atoms with Crippen LogP contribution in [0.25, 0.3) is 22.2 Å². The van der Waals surface area contributed by atoms with Gasteiger partial charge in [-0.15, -0.1) is 0 Å².